The largest absolute Gasteiger partial charge is 0.494 e. The fourth-order valence-electron chi connectivity index (χ4n) is 4.51. The number of carbonyl (C=O) groups is 1. The van der Waals surface area contributed by atoms with Crippen molar-refractivity contribution in [3.05, 3.63) is 59.0 Å². The second kappa shape index (κ2) is 10.4. The first-order valence-electron chi connectivity index (χ1n) is 11.9. The van der Waals surface area contributed by atoms with Gasteiger partial charge in [-0.05, 0) is 89.0 Å². The Balaban J connectivity index is 1.89. The van der Waals surface area contributed by atoms with Crippen molar-refractivity contribution in [1.29, 1.82) is 0 Å². The third-order valence-corrected chi connectivity index (χ3v) is 6.34. The van der Waals surface area contributed by atoms with Crippen LogP contribution in [0.4, 0.5) is 15.8 Å². The van der Waals surface area contributed by atoms with E-state index in [4.69, 9.17) is 9.47 Å². The first-order chi connectivity index (χ1) is 16.4. The molecule has 2 aromatic carbocycles. The van der Waals surface area contributed by atoms with Crippen LogP contribution in [0.3, 0.4) is 0 Å². The fraction of sp³-hybridized carbons (Fsp3) is 0.407. The molecule has 0 radical (unpaired) electrons. The molecule has 0 aliphatic carbocycles. The number of anilines is 2. The molecule has 0 spiro atoms. The molecule has 7 heteroatoms. The molecule has 1 aliphatic heterocycles. The van der Waals surface area contributed by atoms with Gasteiger partial charge in [0.05, 0.1) is 30.1 Å². The van der Waals surface area contributed by atoms with E-state index < -0.39 is 5.97 Å². The van der Waals surface area contributed by atoms with Crippen LogP contribution >= 0.6 is 0 Å². The first-order valence-corrected chi connectivity index (χ1v) is 11.9. The van der Waals surface area contributed by atoms with E-state index >= 15 is 0 Å². The van der Waals surface area contributed by atoms with Gasteiger partial charge in [0, 0.05) is 17.6 Å². The number of hydrogen-bond donors (Lipinski definition) is 1. The number of hydrogen-bond acceptors (Lipinski definition) is 6. The van der Waals surface area contributed by atoms with Gasteiger partial charge in [0.1, 0.15) is 17.1 Å². The molecule has 0 unspecified atom stereocenters. The fourth-order valence-corrected chi connectivity index (χ4v) is 4.51. The lowest BCUT2D eigenvalue weighted by Gasteiger charge is -2.30. The molecule has 0 bridgehead atoms. The molecule has 1 aliphatic rings. The highest BCUT2D eigenvalue weighted by molar-refractivity contribution is 6.06. The molecule has 1 aromatic heterocycles. The number of halogens is 1. The number of rotatable bonds is 7. The van der Waals surface area contributed by atoms with E-state index in [1.54, 1.807) is 13.0 Å². The molecular formula is C27H32FN3O3. The molecule has 0 saturated carbocycles. The van der Waals surface area contributed by atoms with Gasteiger partial charge in [0.25, 0.3) is 0 Å². The van der Waals surface area contributed by atoms with E-state index in [1.807, 2.05) is 26.0 Å². The Morgan fingerprint density at radius 1 is 1.18 bits per heavy atom. The lowest BCUT2D eigenvalue weighted by Crippen LogP contribution is -2.29. The van der Waals surface area contributed by atoms with Crippen molar-refractivity contribution in [1.82, 2.24) is 9.88 Å². The van der Waals surface area contributed by atoms with Crippen LogP contribution in [0, 0.1) is 12.7 Å². The maximum atomic E-state index is 14.8. The van der Waals surface area contributed by atoms with Crippen molar-refractivity contribution in [3.63, 3.8) is 0 Å². The molecule has 4 rings (SSSR count). The number of nitrogens with zero attached hydrogens (tertiary/aromatic N) is 2. The topological polar surface area (TPSA) is 63.7 Å². The van der Waals surface area contributed by atoms with Gasteiger partial charge in [-0.25, -0.2) is 9.18 Å². The second-order valence-electron chi connectivity index (χ2n) is 8.79. The highest BCUT2D eigenvalue weighted by atomic mass is 19.1. The molecule has 1 N–H and O–H groups in total. The third kappa shape index (κ3) is 4.99. The predicted octanol–water partition coefficient (Wildman–Crippen LogP) is 5.81. The Bertz CT molecular complexity index is 1190. The number of esters is 1. The Labute approximate surface area is 200 Å². The summed E-state index contributed by atoms with van der Waals surface area (Å²) in [6, 6.07) is 8.96. The van der Waals surface area contributed by atoms with E-state index in [2.05, 4.69) is 28.3 Å². The zero-order valence-corrected chi connectivity index (χ0v) is 20.3. The number of fused-ring (bicyclic) bond motifs is 1. The van der Waals surface area contributed by atoms with Crippen molar-refractivity contribution < 1.29 is 18.7 Å². The van der Waals surface area contributed by atoms with Gasteiger partial charge in [-0.15, -0.1) is 0 Å². The van der Waals surface area contributed by atoms with E-state index in [0.717, 1.165) is 48.2 Å². The molecule has 1 fully saturated rings. The summed E-state index contributed by atoms with van der Waals surface area (Å²) in [5.41, 5.74) is 3.63. The first kappa shape index (κ1) is 24.0. The summed E-state index contributed by atoms with van der Waals surface area (Å²) >= 11 is 0. The van der Waals surface area contributed by atoms with E-state index in [0.29, 0.717) is 29.4 Å². The number of ether oxygens (including phenoxy) is 2. The minimum atomic E-state index is -0.498. The second-order valence-corrected chi connectivity index (χ2v) is 8.79. The molecule has 180 valence electrons. The van der Waals surface area contributed by atoms with Gasteiger partial charge in [0.15, 0.2) is 0 Å². The molecule has 1 saturated heterocycles. The maximum Gasteiger partial charge on any atom is 0.341 e. The minimum Gasteiger partial charge on any atom is -0.494 e. The van der Waals surface area contributed by atoms with Crippen LogP contribution in [0.25, 0.3) is 10.9 Å². The molecule has 3 aromatic rings. The van der Waals surface area contributed by atoms with Gasteiger partial charge in [-0.1, -0.05) is 6.07 Å². The Morgan fingerprint density at radius 3 is 2.62 bits per heavy atom. The Hall–Kier alpha value is -3.19. The predicted molar refractivity (Wildman–Crippen MR) is 133 cm³/mol. The molecule has 6 nitrogen and oxygen atoms in total. The summed E-state index contributed by atoms with van der Waals surface area (Å²) < 4.78 is 26.1. The molecule has 2 heterocycles. The van der Waals surface area contributed by atoms with Crippen molar-refractivity contribution >= 4 is 28.2 Å². The van der Waals surface area contributed by atoms with Crippen LogP contribution in [-0.2, 0) is 4.74 Å². The number of benzene rings is 2. The van der Waals surface area contributed by atoms with E-state index in [-0.39, 0.29) is 18.0 Å². The third-order valence-electron chi connectivity index (χ3n) is 6.34. The van der Waals surface area contributed by atoms with Gasteiger partial charge >= 0.3 is 5.97 Å². The number of pyridine rings is 1. The Morgan fingerprint density at radius 2 is 1.94 bits per heavy atom. The zero-order chi connectivity index (χ0) is 24.2. The molecule has 0 amide bonds. The molecule has 0 atom stereocenters. The summed E-state index contributed by atoms with van der Waals surface area (Å²) in [6.45, 7) is 8.36. The average molecular weight is 466 g/mol. The number of likely N-dealkylation sites (tertiary alicyclic amines) is 1. The Kier molecular flexibility index (Phi) is 7.32. The highest BCUT2D eigenvalue weighted by Gasteiger charge is 2.25. The quantitative estimate of drug-likeness (QED) is 0.444. The van der Waals surface area contributed by atoms with Crippen LogP contribution in [0.2, 0.25) is 0 Å². The summed E-state index contributed by atoms with van der Waals surface area (Å²) in [7, 11) is 2.13. The summed E-state index contributed by atoms with van der Waals surface area (Å²) in [4.78, 5) is 19.7. The van der Waals surface area contributed by atoms with Crippen LogP contribution in [-0.4, -0.2) is 49.2 Å². The smallest absolute Gasteiger partial charge is 0.341 e. The molecular weight excluding hydrogens is 433 g/mol. The lowest BCUT2D eigenvalue weighted by molar-refractivity contribution is 0.0527. The monoisotopic (exact) mass is 465 g/mol. The zero-order valence-electron chi connectivity index (χ0n) is 20.3. The number of aromatic nitrogens is 1. The highest BCUT2D eigenvalue weighted by Crippen LogP contribution is 2.40. The van der Waals surface area contributed by atoms with Crippen LogP contribution < -0.4 is 10.1 Å². The summed E-state index contributed by atoms with van der Waals surface area (Å²) in [5.74, 6) is 0.258. The van der Waals surface area contributed by atoms with Crippen LogP contribution in [0.15, 0.2) is 36.5 Å². The number of aryl methyl sites for hydroxylation is 1. The van der Waals surface area contributed by atoms with Crippen molar-refractivity contribution in [2.45, 2.75) is 39.5 Å². The van der Waals surface area contributed by atoms with E-state index in [9.17, 15) is 9.18 Å². The van der Waals surface area contributed by atoms with Crippen molar-refractivity contribution in [2.24, 2.45) is 0 Å². The average Bonchev–Trinajstić information content (AvgIpc) is 2.81. The summed E-state index contributed by atoms with van der Waals surface area (Å²) in [6.07, 6.45) is 3.52. The van der Waals surface area contributed by atoms with Gasteiger partial charge in [0.2, 0.25) is 0 Å². The van der Waals surface area contributed by atoms with Crippen molar-refractivity contribution in [3.8, 4) is 5.75 Å². The van der Waals surface area contributed by atoms with Gasteiger partial charge in [-0.3, -0.25) is 4.98 Å². The SMILES string of the molecule is CCOC(=O)c1cnc2cc(OCC)c(C3CCN(C)CC3)cc2c1Nc1ccc(C)cc1F. The van der Waals surface area contributed by atoms with Crippen LogP contribution in [0.1, 0.15) is 54.1 Å². The summed E-state index contributed by atoms with van der Waals surface area (Å²) in [5, 5.41) is 3.91. The van der Waals surface area contributed by atoms with Crippen molar-refractivity contribution in [2.75, 3.05) is 38.7 Å². The normalized spacial score (nSPS) is 14.9. The van der Waals surface area contributed by atoms with Gasteiger partial charge in [-0.2, -0.15) is 0 Å². The molecule has 34 heavy (non-hydrogen) atoms. The standard InChI is InChI=1S/C27H32FN3O3/c1-5-33-25-15-24-20(14-19(25)18-9-11-31(4)12-10-18)26(21(16-29-24)27(32)34-6-2)30-23-8-7-17(3)13-22(23)28/h7-8,13-16,18H,5-6,9-12H2,1-4H3,(H,29,30). The maximum absolute atomic E-state index is 14.8. The van der Waals surface area contributed by atoms with Gasteiger partial charge < -0.3 is 19.7 Å². The lowest BCUT2D eigenvalue weighted by atomic mass is 9.87. The van der Waals surface area contributed by atoms with E-state index in [1.165, 1.54) is 12.3 Å². The van der Waals surface area contributed by atoms with Crippen LogP contribution in [0.5, 0.6) is 5.75 Å². The number of piperidine rings is 1. The number of nitrogens with one attached hydrogen (secondary N) is 1. The minimum absolute atomic E-state index is 0.235. The number of carbonyl (C=O) groups excluding carboxylic acids is 1.